The number of carboxylic acids is 1. The van der Waals surface area contributed by atoms with E-state index in [-0.39, 0.29) is 12.1 Å². The first-order valence-electron chi connectivity index (χ1n) is 6.62. The van der Waals surface area contributed by atoms with Gasteiger partial charge in [0.2, 0.25) is 0 Å². The molecule has 0 fully saturated rings. The molecule has 0 amide bonds. The Hall–Kier alpha value is -2.22. The molecular weight excluding hydrogens is 276 g/mol. The Balaban J connectivity index is 2.73. The summed E-state index contributed by atoms with van der Waals surface area (Å²) in [7, 11) is 3.93. The van der Waals surface area contributed by atoms with Gasteiger partial charge in [-0.2, -0.15) is 0 Å². The molecule has 1 rings (SSSR count). The topological polar surface area (TPSA) is 99.8 Å². The van der Waals surface area contributed by atoms with Crippen LogP contribution < -0.4 is 4.90 Å². The summed E-state index contributed by atoms with van der Waals surface area (Å²) in [6.45, 7) is 1.85. The van der Waals surface area contributed by atoms with Gasteiger partial charge >= 0.3 is 5.97 Å². The Bertz CT molecular complexity index is 476. The van der Waals surface area contributed by atoms with E-state index < -0.39 is 10.9 Å². The quantitative estimate of drug-likeness (QED) is 0.540. The number of aliphatic carboxylic acids is 1. The number of rotatable bonds is 9. The number of nitro groups is 1. The molecule has 116 valence electrons. The molecule has 8 nitrogen and oxygen atoms in total. The lowest BCUT2D eigenvalue weighted by Gasteiger charge is -2.23. The summed E-state index contributed by atoms with van der Waals surface area (Å²) in [5, 5.41) is 19.4. The van der Waals surface area contributed by atoms with Gasteiger partial charge < -0.3 is 14.9 Å². The number of anilines is 1. The molecule has 0 aromatic carbocycles. The van der Waals surface area contributed by atoms with Crippen molar-refractivity contribution in [1.82, 2.24) is 9.88 Å². The van der Waals surface area contributed by atoms with Gasteiger partial charge in [-0.3, -0.25) is 14.9 Å². The van der Waals surface area contributed by atoms with Crippen LogP contribution in [-0.4, -0.2) is 59.6 Å². The summed E-state index contributed by atoms with van der Waals surface area (Å²) >= 11 is 0. The van der Waals surface area contributed by atoms with Crippen LogP contribution in [0.1, 0.15) is 12.8 Å². The SMILES string of the molecule is CN(C)CCCN(CCC(=O)O)c1ccc([N+](=O)[O-])cn1. The van der Waals surface area contributed by atoms with Crippen LogP contribution in [0.2, 0.25) is 0 Å². The van der Waals surface area contributed by atoms with Gasteiger partial charge in [-0.1, -0.05) is 0 Å². The zero-order valence-electron chi connectivity index (χ0n) is 12.2. The third-order valence-corrected chi connectivity index (χ3v) is 2.90. The van der Waals surface area contributed by atoms with Crippen molar-refractivity contribution in [2.45, 2.75) is 12.8 Å². The van der Waals surface area contributed by atoms with Crippen LogP contribution in [0.25, 0.3) is 0 Å². The van der Waals surface area contributed by atoms with E-state index in [1.54, 1.807) is 6.07 Å². The summed E-state index contributed by atoms with van der Waals surface area (Å²) in [4.78, 5) is 28.7. The Morgan fingerprint density at radius 1 is 1.33 bits per heavy atom. The van der Waals surface area contributed by atoms with Crippen molar-refractivity contribution < 1.29 is 14.8 Å². The third-order valence-electron chi connectivity index (χ3n) is 2.90. The van der Waals surface area contributed by atoms with Crippen molar-refractivity contribution in [2.24, 2.45) is 0 Å². The molecular formula is C13H20N4O4. The zero-order chi connectivity index (χ0) is 15.8. The van der Waals surface area contributed by atoms with E-state index in [2.05, 4.69) is 4.98 Å². The van der Waals surface area contributed by atoms with Crippen LogP contribution in [-0.2, 0) is 4.79 Å². The first-order chi connectivity index (χ1) is 9.90. The number of carbonyl (C=O) groups is 1. The van der Waals surface area contributed by atoms with Gasteiger partial charge in [0, 0.05) is 19.2 Å². The van der Waals surface area contributed by atoms with Crippen LogP contribution in [0.4, 0.5) is 11.5 Å². The fourth-order valence-corrected chi connectivity index (χ4v) is 1.82. The standard InChI is InChI=1S/C13H20N4O4/c1-15(2)7-3-8-16(9-6-13(18)19)12-5-4-11(10-14-12)17(20)21/h4-5,10H,3,6-9H2,1-2H3,(H,18,19). The molecule has 0 unspecified atom stereocenters. The molecule has 1 N–H and O–H groups in total. The van der Waals surface area contributed by atoms with Gasteiger partial charge in [-0.25, -0.2) is 4.98 Å². The van der Waals surface area contributed by atoms with E-state index >= 15 is 0 Å². The van der Waals surface area contributed by atoms with Crippen molar-refractivity contribution >= 4 is 17.5 Å². The highest BCUT2D eigenvalue weighted by atomic mass is 16.6. The average molecular weight is 296 g/mol. The van der Waals surface area contributed by atoms with Gasteiger partial charge in [-0.05, 0) is 33.1 Å². The number of aromatic nitrogens is 1. The summed E-state index contributed by atoms with van der Waals surface area (Å²) < 4.78 is 0. The molecule has 0 bridgehead atoms. The summed E-state index contributed by atoms with van der Waals surface area (Å²) in [6, 6.07) is 2.93. The predicted octanol–water partition coefficient (Wildman–Crippen LogP) is 1.22. The average Bonchev–Trinajstić information content (AvgIpc) is 2.42. The van der Waals surface area contributed by atoms with Crippen molar-refractivity contribution in [3.05, 3.63) is 28.4 Å². The zero-order valence-corrected chi connectivity index (χ0v) is 12.2. The van der Waals surface area contributed by atoms with Gasteiger partial charge in [-0.15, -0.1) is 0 Å². The lowest BCUT2D eigenvalue weighted by molar-refractivity contribution is -0.385. The fourth-order valence-electron chi connectivity index (χ4n) is 1.82. The molecule has 8 heteroatoms. The molecule has 1 aromatic heterocycles. The number of pyridine rings is 1. The van der Waals surface area contributed by atoms with Crippen LogP contribution in [0.15, 0.2) is 18.3 Å². The normalized spacial score (nSPS) is 10.6. The van der Waals surface area contributed by atoms with Crippen LogP contribution in [0, 0.1) is 10.1 Å². The fraction of sp³-hybridized carbons (Fsp3) is 0.538. The van der Waals surface area contributed by atoms with E-state index in [1.165, 1.54) is 12.3 Å². The minimum Gasteiger partial charge on any atom is -0.481 e. The van der Waals surface area contributed by atoms with E-state index in [0.29, 0.717) is 18.9 Å². The van der Waals surface area contributed by atoms with Gasteiger partial charge in [0.25, 0.3) is 5.69 Å². The Labute approximate surface area is 123 Å². The maximum absolute atomic E-state index is 10.7. The lowest BCUT2D eigenvalue weighted by atomic mass is 10.3. The van der Waals surface area contributed by atoms with Crippen molar-refractivity contribution in [3.63, 3.8) is 0 Å². The third kappa shape index (κ3) is 6.17. The van der Waals surface area contributed by atoms with E-state index in [4.69, 9.17) is 5.11 Å². The maximum atomic E-state index is 10.7. The Morgan fingerprint density at radius 2 is 2.05 bits per heavy atom. The van der Waals surface area contributed by atoms with Crippen LogP contribution in [0.5, 0.6) is 0 Å². The van der Waals surface area contributed by atoms with Crippen LogP contribution in [0.3, 0.4) is 0 Å². The van der Waals surface area contributed by atoms with Crippen molar-refractivity contribution in [2.75, 3.05) is 38.6 Å². The van der Waals surface area contributed by atoms with Crippen molar-refractivity contribution in [3.8, 4) is 0 Å². The number of hydrogen-bond acceptors (Lipinski definition) is 6. The van der Waals surface area contributed by atoms with E-state index in [0.717, 1.165) is 13.0 Å². The maximum Gasteiger partial charge on any atom is 0.305 e. The molecule has 0 aliphatic carbocycles. The second kappa shape index (κ2) is 8.15. The minimum atomic E-state index is -0.880. The molecule has 21 heavy (non-hydrogen) atoms. The largest absolute Gasteiger partial charge is 0.481 e. The van der Waals surface area contributed by atoms with Gasteiger partial charge in [0.1, 0.15) is 12.0 Å². The second-order valence-electron chi connectivity index (χ2n) is 4.92. The number of carboxylic acid groups (broad SMARTS) is 1. The minimum absolute atomic E-state index is 0.000627. The van der Waals surface area contributed by atoms with Gasteiger partial charge in [0.05, 0.1) is 11.3 Å². The molecule has 1 aromatic rings. The molecule has 0 radical (unpaired) electrons. The first-order valence-corrected chi connectivity index (χ1v) is 6.62. The molecule has 0 aliphatic rings. The summed E-state index contributed by atoms with van der Waals surface area (Å²) in [5.41, 5.74) is -0.0785. The lowest BCUT2D eigenvalue weighted by Crippen LogP contribution is -2.30. The Morgan fingerprint density at radius 3 is 2.52 bits per heavy atom. The molecule has 0 spiro atoms. The van der Waals surface area contributed by atoms with Crippen molar-refractivity contribution in [1.29, 1.82) is 0 Å². The summed E-state index contributed by atoms with van der Waals surface area (Å²) in [5.74, 6) is -0.324. The number of nitrogens with zero attached hydrogens (tertiary/aromatic N) is 4. The van der Waals surface area contributed by atoms with E-state index in [1.807, 2.05) is 23.9 Å². The van der Waals surface area contributed by atoms with Gasteiger partial charge in [0.15, 0.2) is 0 Å². The number of hydrogen-bond donors (Lipinski definition) is 1. The second-order valence-corrected chi connectivity index (χ2v) is 4.92. The smallest absolute Gasteiger partial charge is 0.305 e. The molecule has 0 saturated carbocycles. The molecule has 0 aliphatic heterocycles. The van der Waals surface area contributed by atoms with E-state index in [9.17, 15) is 14.9 Å². The first kappa shape index (κ1) is 16.8. The monoisotopic (exact) mass is 296 g/mol. The molecule has 0 saturated heterocycles. The molecule has 0 atom stereocenters. The summed E-state index contributed by atoms with van der Waals surface area (Å²) in [6.07, 6.45) is 2.04. The predicted molar refractivity (Wildman–Crippen MR) is 78.5 cm³/mol. The van der Waals surface area contributed by atoms with Crippen LogP contribution >= 0.6 is 0 Å². The highest BCUT2D eigenvalue weighted by Gasteiger charge is 2.12. The molecule has 1 heterocycles. The highest BCUT2D eigenvalue weighted by Crippen LogP contribution is 2.16. The Kier molecular flexibility index (Phi) is 6.54. The highest BCUT2D eigenvalue weighted by molar-refractivity contribution is 5.67.